The number of rotatable bonds is 5. The normalized spacial score (nSPS) is 9.74. The average Bonchev–Trinajstić information content (AvgIpc) is 3.35. The molecule has 0 bridgehead atoms. The maximum atomic E-state index is 12.5. The van der Waals surface area contributed by atoms with Gasteiger partial charge in [0.25, 0.3) is 5.91 Å². The number of anilines is 1. The lowest BCUT2D eigenvalue weighted by atomic mass is 10.0. The summed E-state index contributed by atoms with van der Waals surface area (Å²) >= 11 is 1.52. The van der Waals surface area contributed by atoms with Crippen LogP contribution in [0.25, 0.3) is 10.4 Å². The van der Waals surface area contributed by atoms with Crippen LogP contribution in [0.1, 0.15) is 68.6 Å². The van der Waals surface area contributed by atoms with Crippen molar-refractivity contribution in [3.8, 4) is 10.4 Å². The number of aryl methyl sites for hydroxylation is 2. The number of nitrogens with one attached hydrogen (secondary N) is 1. The summed E-state index contributed by atoms with van der Waals surface area (Å²) in [5.41, 5.74) is 4.52. The molecule has 0 spiro atoms. The van der Waals surface area contributed by atoms with E-state index in [-0.39, 0.29) is 5.91 Å². The molecule has 2 aromatic heterocycles. The van der Waals surface area contributed by atoms with Crippen molar-refractivity contribution in [2.45, 2.75) is 55.4 Å². The van der Waals surface area contributed by atoms with Crippen LogP contribution in [0.3, 0.4) is 0 Å². The first-order valence-electron chi connectivity index (χ1n) is 11.7. The predicted octanol–water partition coefficient (Wildman–Crippen LogP) is 8.29. The van der Waals surface area contributed by atoms with Crippen molar-refractivity contribution in [1.82, 2.24) is 4.98 Å². The minimum atomic E-state index is -0.140. The number of hydrogen-bond donors (Lipinski definition) is 1. The second-order valence-electron chi connectivity index (χ2n) is 6.15. The van der Waals surface area contributed by atoms with Crippen molar-refractivity contribution in [2.24, 2.45) is 4.99 Å². The van der Waals surface area contributed by atoms with Gasteiger partial charge in [0.15, 0.2) is 0 Å². The highest BCUT2D eigenvalue weighted by atomic mass is 32.1. The molecule has 5 nitrogen and oxygen atoms in total. The first-order valence-corrected chi connectivity index (χ1v) is 12.5. The summed E-state index contributed by atoms with van der Waals surface area (Å²) in [6.45, 7) is 19.5. The van der Waals surface area contributed by atoms with Gasteiger partial charge in [0.05, 0.1) is 11.3 Å². The number of aliphatic imine (C=N–C) groups is 1. The lowest BCUT2D eigenvalue weighted by Gasteiger charge is -2.09. The van der Waals surface area contributed by atoms with Crippen molar-refractivity contribution in [3.63, 3.8) is 0 Å². The molecule has 1 N–H and O–H groups in total. The lowest BCUT2D eigenvalue weighted by molar-refractivity contribution is 0.102. The quantitative estimate of drug-likeness (QED) is 0.226. The molecule has 2 heterocycles. The van der Waals surface area contributed by atoms with Gasteiger partial charge < -0.3 is 10.1 Å². The molecule has 0 unspecified atom stereocenters. The number of amides is 1. The van der Waals surface area contributed by atoms with Gasteiger partial charge in [-0.05, 0) is 60.9 Å². The van der Waals surface area contributed by atoms with E-state index in [4.69, 9.17) is 4.74 Å². The number of thiophene rings is 1. The minimum absolute atomic E-state index is 0.140. The molecular formula is C28H39N3O2S. The Morgan fingerprint density at radius 2 is 1.71 bits per heavy atom. The van der Waals surface area contributed by atoms with E-state index in [9.17, 15) is 4.79 Å². The summed E-state index contributed by atoms with van der Waals surface area (Å²) in [6.07, 6.45) is 4.67. The summed E-state index contributed by atoms with van der Waals surface area (Å²) < 4.78 is 5.38. The molecule has 1 amide bonds. The molecule has 0 atom stereocenters. The highest BCUT2D eigenvalue weighted by Crippen LogP contribution is 2.34. The van der Waals surface area contributed by atoms with Crippen LogP contribution in [-0.2, 0) is 4.74 Å². The summed E-state index contributed by atoms with van der Waals surface area (Å²) in [5, 5.41) is 3.75. The number of pyridine rings is 1. The highest BCUT2D eigenvalue weighted by Gasteiger charge is 2.13. The third-order valence-corrected chi connectivity index (χ3v) is 5.29. The monoisotopic (exact) mass is 481 g/mol. The van der Waals surface area contributed by atoms with Gasteiger partial charge in [0.2, 0.25) is 5.90 Å². The number of nitrogens with zero attached hydrogens (tertiary/aromatic N) is 2. The minimum Gasteiger partial charge on any atom is -0.447 e. The van der Waals surface area contributed by atoms with Crippen molar-refractivity contribution in [2.75, 3.05) is 12.4 Å². The van der Waals surface area contributed by atoms with E-state index in [1.165, 1.54) is 17.6 Å². The van der Waals surface area contributed by atoms with E-state index in [0.717, 1.165) is 32.1 Å². The molecule has 0 radical (unpaired) electrons. The van der Waals surface area contributed by atoms with Gasteiger partial charge in [-0.3, -0.25) is 14.8 Å². The molecule has 34 heavy (non-hydrogen) atoms. The standard InChI is InChI=1S/C22H21N3O2S.3C2H6/c1-5-27-22(23-4)16-7-6-14(2)18(12-16)19-8-9-20(28-19)25-21(26)17-10-11-24-13-15(17)3;3*1-2/h5-13H,1H2,2-4H3,(H,25,26);3*1-2H3. The van der Waals surface area contributed by atoms with E-state index < -0.39 is 0 Å². The molecule has 3 rings (SSSR count). The first kappa shape index (κ1) is 30.8. The molecule has 0 aliphatic carbocycles. The van der Waals surface area contributed by atoms with Gasteiger partial charge in [0, 0.05) is 35.4 Å². The lowest BCUT2D eigenvalue weighted by Crippen LogP contribution is -2.12. The Morgan fingerprint density at radius 3 is 2.29 bits per heavy atom. The predicted molar refractivity (Wildman–Crippen MR) is 149 cm³/mol. The summed E-state index contributed by atoms with van der Waals surface area (Å²) in [4.78, 5) is 21.8. The topological polar surface area (TPSA) is 63.6 Å². The van der Waals surface area contributed by atoms with Crippen molar-refractivity contribution in [3.05, 3.63) is 83.9 Å². The fourth-order valence-electron chi connectivity index (χ4n) is 2.81. The zero-order valence-corrected chi connectivity index (χ0v) is 22.8. The Kier molecular flexibility index (Phi) is 15.6. The van der Waals surface area contributed by atoms with Crippen LogP contribution < -0.4 is 5.32 Å². The summed E-state index contributed by atoms with van der Waals surface area (Å²) in [7, 11) is 1.68. The molecule has 0 saturated heterocycles. The molecule has 0 aliphatic rings. The SMILES string of the molecule is C=COC(=NC)c1ccc(C)c(-c2ccc(NC(=O)c3ccncc3C)s2)c1.CC.CC.CC. The molecule has 6 heteroatoms. The van der Waals surface area contributed by atoms with Crippen LogP contribution in [-0.4, -0.2) is 23.8 Å². The second-order valence-corrected chi connectivity index (χ2v) is 7.24. The smallest absolute Gasteiger partial charge is 0.256 e. The van der Waals surface area contributed by atoms with Crippen LogP contribution in [0, 0.1) is 13.8 Å². The fraction of sp³-hybridized carbons (Fsp3) is 0.321. The molecular weight excluding hydrogens is 442 g/mol. The van der Waals surface area contributed by atoms with E-state index in [1.807, 2.05) is 78.8 Å². The van der Waals surface area contributed by atoms with Crippen LogP contribution in [0.15, 0.2) is 66.6 Å². The highest BCUT2D eigenvalue weighted by molar-refractivity contribution is 7.19. The number of carbonyl (C=O) groups excluding carboxylic acids is 1. The number of benzene rings is 1. The van der Waals surface area contributed by atoms with E-state index in [0.29, 0.717) is 11.5 Å². The molecule has 0 saturated carbocycles. The Bertz CT molecular complexity index is 1060. The number of carbonyl (C=O) groups is 1. The van der Waals surface area contributed by atoms with Gasteiger partial charge in [-0.25, -0.2) is 0 Å². The van der Waals surface area contributed by atoms with Crippen LogP contribution in [0.2, 0.25) is 0 Å². The second kappa shape index (κ2) is 17.3. The fourth-order valence-corrected chi connectivity index (χ4v) is 3.79. The van der Waals surface area contributed by atoms with Gasteiger partial charge in [-0.1, -0.05) is 54.2 Å². The van der Waals surface area contributed by atoms with Crippen LogP contribution in [0.4, 0.5) is 5.00 Å². The third-order valence-electron chi connectivity index (χ3n) is 4.26. The largest absolute Gasteiger partial charge is 0.447 e. The van der Waals surface area contributed by atoms with Crippen molar-refractivity contribution >= 4 is 28.1 Å². The number of aromatic nitrogens is 1. The maximum Gasteiger partial charge on any atom is 0.256 e. The molecule has 3 aromatic rings. The Hall–Kier alpha value is -3.25. The molecule has 184 valence electrons. The van der Waals surface area contributed by atoms with E-state index in [2.05, 4.69) is 28.8 Å². The Morgan fingerprint density at radius 1 is 1.03 bits per heavy atom. The number of hydrogen-bond acceptors (Lipinski definition) is 5. The summed E-state index contributed by atoms with van der Waals surface area (Å²) in [6, 6.07) is 11.7. The molecule has 0 aliphatic heterocycles. The van der Waals surface area contributed by atoms with Gasteiger partial charge >= 0.3 is 0 Å². The average molecular weight is 482 g/mol. The Labute approximate surface area is 209 Å². The van der Waals surface area contributed by atoms with Gasteiger partial charge in [-0.2, -0.15) is 0 Å². The van der Waals surface area contributed by atoms with Gasteiger partial charge in [-0.15, -0.1) is 11.3 Å². The molecule has 0 fully saturated rings. The summed E-state index contributed by atoms with van der Waals surface area (Å²) in [5.74, 6) is 0.369. The van der Waals surface area contributed by atoms with Crippen molar-refractivity contribution < 1.29 is 9.53 Å². The zero-order chi connectivity index (χ0) is 26.1. The Balaban J connectivity index is 0.00000168. The van der Waals surface area contributed by atoms with Crippen LogP contribution >= 0.6 is 11.3 Å². The van der Waals surface area contributed by atoms with Gasteiger partial charge in [0.1, 0.15) is 0 Å². The third kappa shape index (κ3) is 8.60. The van der Waals surface area contributed by atoms with Crippen molar-refractivity contribution in [1.29, 1.82) is 0 Å². The number of ether oxygens (including phenoxy) is 1. The van der Waals surface area contributed by atoms with E-state index >= 15 is 0 Å². The zero-order valence-electron chi connectivity index (χ0n) is 22.0. The maximum absolute atomic E-state index is 12.5. The van der Waals surface area contributed by atoms with E-state index in [1.54, 1.807) is 25.5 Å². The van der Waals surface area contributed by atoms with Crippen LogP contribution in [0.5, 0.6) is 0 Å². The first-order chi connectivity index (χ1) is 16.5. The molecule has 1 aromatic carbocycles.